The Morgan fingerprint density at radius 2 is 1.95 bits per heavy atom. The van der Waals surface area contributed by atoms with Crippen LogP contribution in [0.1, 0.15) is 33.3 Å². The molecule has 0 spiro atoms. The third kappa shape index (κ3) is 3.03. The van der Waals surface area contributed by atoms with Gasteiger partial charge in [0.05, 0.1) is 10.5 Å². The van der Waals surface area contributed by atoms with E-state index in [2.05, 4.69) is 61.1 Å². The molecule has 1 heterocycles. The van der Waals surface area contributed by atoms with Crippen LogP contribution >= 0.6 is 27.5 Å². The van der Waals surface area contributed by atoms with Gasteiger partial charge >= 0.3 is 0 Å². The Balaban J connectivity index is 2.76. The first kappa shape index (κ1) is 14.6. The number of aromatic nitrogens is 1. The zero-order valence-corrected chi connectivity index (χ0v) is 14.0. The molecule has 0 saturated carbocycles. The second-order valence-electron chi connectivity index (χ2n) is 5.62. The maximum atomic E-state index is 6.28. The van der Waals surface area contributed by atoms with Crippen LogP contribution in [0.5, 0.6) is 0 Å². The van der Waals surface area contributed by atoms with Gasteiger partial charge in [-0.05, 0) is 30.5 Å². The standard InChI is InChI=1S/C15H18BrClN2/c1-5-18-14-11(15(2,3)4)7-9-6-10(16)8-12(17)13(9)19-14/h6-8H,5H2,1-4H3,(H,18,19). The molecule has 19 heavy (non-hydrogen) atoms. The van der Waals surface area contributed by atoms with Gasteiger partial charge in [0.25, 0.3) is 0 Å². The number of fused-ring (bicyclic) bond motifs is 1. The summed E-state index contributed by atoms with van der Waals surface area (Å²) < 4.78 is 0.975. The summed E-state index contributed by atoms with van der Waals surface area (Å²) in [5.41, 5.74) is 2.08. The van der Waals surface area contributed by atoms with Crippen molar-refractivity contribution in [1.82, 2.24) is 4.98 Å². The van der Waals surface area contributed by atoms with Crippen molar-refractivity contribution >= 4 is 44.3 Å². The van der Waals surface area contributed by atoms with E-state index in [1.54, 1.807) is 0 Å². The van der Waals surface area contributed by atoms with Crippen molar-refractivity contribution in [2.75, 3.05) is 11.9 Å². The average molecular weight is 342 g/mol. The first-order valence-corrected chi connectivity index (χ1v) is 7.54. The summed E-state index contributed by atoms with van der Waals surface area (Å²) in [4.78, 5) is 4.71. The number of hydrogen-bond donors (Lipinski definition) is 1. The molecule has 0 aliphatic rings. The summed E-state index contributed by atoms with van der Waals surface area (Å²) in [6.07, 6.45) is 0. The molecule has 4 heteroatoms. The summed E-state index contributed by atoms with van der Waals surface area (Å²) in [6, 6.07) is 6.11. The molecule has 0 radical (unpaired) electrons. The lowest BCUT2D eigenvalue weighted by Crippen LogP contribution is -2.16. The van der Waals surface area contributed by atoms with E-state index in [0.717, 1.165) is 27.7 Å². The normalized spacial score (nSPS) is 11.9. The fourth-order valence-electron chi connectivity index (χ4n) is 2.08. The maximum Gasteiger partial charge on any atom is 0.130 e. The Kier molecular flexibility index (Phi) is 4.07. The first-order valence-electron chi connectivity index (χ1n) is 6.37. The Morgan fingerprint density at radius 3 is 2.53 bits per heavy atom. The molecule has 0 bridgehead atoms. The monoisotopic (exact) mass is 340 g/mol. The quantitative estimate of drug-likeness (QED) is 0.793. The number of nitrogens with zero attached hydrogens (tertiary/aromatic N) is 1. The van der Waals surface area contributed by atoms with Crippen molar-refractivity contribution in [1.29, 1.82) is 0 Å². The van der Waals surface area contributed by atoms with E-state index >= 15 is 0 Å². The van der Waals surface area contributed by atoms with Gasteiger partial charge in [-0.15, -0.1) is 0 Å². The SMILES string of the molecule is CCNc1nc2c(Cl)cc(Br)cc2cc1C(C)(C)C. The summed E-state index contributed by atoms with van der Waals surface area (Å²) in [7, 11) is 0. The van der Waals surface area contributed by atoms with Crippen LogP contribution < -0.4 is 5.32 Å². The lowest BCUT2D eigenvalue weighted by atomic mass is 9.86. The van der Waals surface area contributed by atoms with Crippen LogP contribution in [0.3, 0.4) is 0 Å². The number of pyridine rings is 1. The predicted molar refractivity (Wildman–Crippen MR) is 87.3 cm³/mol. The highest BCUT2D eigenvalue weighted by Crippen LogP contribution is 2.34. The lowest BCUT2D eigenvalue weighted by molar-refractivity contribution is 0.590. The molecule has 0 fully saturated rings. The highest BCUT2D eigenvalue weighted by Gasteiger charge is 2.20. The number of anilines is 1. The fourth-order valence-corrected chi connectivity index (χ4v) is 2.96. The average Bonchev–Trinajstić information content (AvgIpc) is 2.28. The van der Waals surface area contributed by atoms with Crippen LogP contribution in [0.15, 0.2) is 22.7 Å². The number of halogens is 2. The van der Waals surface area contributed by atoms with E-state index in [-0.39, 0.29) is 5.41 Å². The van der Waals surface area contributed by atoms with Crippen LogP contribution in [0.4, 0.5) is 5.82 Å². The second kappa shape index (κ2) is 5.29. The van der Waals surface area contributed by atoms with E-state index in [1.165, 1.54) is 5.56 Å². The van der Waals surface area contributed by atoms with Gasteiger partial charge in [-0.1, -0.05) is 48.3 Å². The van der Waals surface area contributed by atoms with E-state index < -0.39 is 0 Å². The highest BCUT2D eigenvalue weighted by atomic mass is 79.9. The zero-order chi connectivity index (χ0) is 14.2. The molecule has 0 atom stereocenters. The van der Waals surface area contributed by atoms with E-state index in [9.17, 15) is 0 Å². The third-order valence-electron chi connectivity index (χ3n) is 2.99. The number of benzene rings is 1. The molecule has 2 aromatic rings. The van der Waals surface area contributed by atoms with Gasteiger partial charge in [0.1, 0.15) is 5.82 Å². The van der Waals surface area contributed by atoms with Crippen LogP contribution in [-0.2, 0) is 5.41 Å². The number of hydrogen-bond acceptors (Lipinski definition) is 2. The molecule has 2 rings (SSSR count). The fraction of sp³-hybridized carbons (Fsp3) is 0.400. The van der Waals surface area contributed by atoms with Crippen LogP contribution in [0, 0.1) is 0 Å². The largest absolute Gasteiger partial charge is 0.370 e. The predicted octanol–water partition coefficient (Wildman–Crippen LogP) is 5.38. The van der Waals surface area contributed by atoms with Gasteiger partial charge in [0.15, 0.2) is 0 Å². The molecule has 102 valence electrons. The smallest absolute Gasteiger partial charge is 0.130 e. The summed E-state index contributed by atoms with van der Waals surface area (Å²) in [5, 5.41) is 5.07. The Morgan fingerprint density at radius 1 is 1.26 bits per heavy atom. The molecule has 0 saturated heterocycles. The molecule has 1 aromatic heterocycles. The van der Waals surface area contributed by atoms with Crippen molar-refractivity contribution in [2.24, 2.45) is 0 Å². The molecule has 0 unspecified atom stereocenters. The molecule has 0 aliphatic heterocycles. The number of rotatable bonds is 2. The van der Waals surface area contributed by atoms with Crippen molar-refractivity contribution in [2.45, 2.75) is 33.1 Å². The maximum absolute atomic E-state index is 6.28. The van der Waals surface area contributed by atoms with Crippen LogP contribution in [0.25, 0.3) is 10.9 Å². The second-order valence-corrected chi connectivity index (χ2v) is 6.95. The minimum atomic E-state index is 0.0352. The Hall–Kier alpha value is -0.800. The molecule has 1 aromatic carbocycles. The number of nitrogens with one attached hydrogen (secondary N) is 1. The molecule has 1 N–H and O–H groups in total. The van der Waals surface area contributed by atoms with Gasteiger partial charge in [-0.3, -0.25) is 0 Å². The van der Waals surface area contributed by atoms with Crippen LogP contribution in [0.2, 0.25) is 5.02 Å². The molecule has 0 amide bonds. The third-order valence-corrected chi connectivity index (χ3v) is 3.73. The van der Waals surface area contributed by atoms with Crippen molar-refractivity contribution in [3.63, 3.8) is 0 Å². The summed E-state index contributed by atoms with van der Waals surface area (Å²) in [5.74, 6) is 0.923. The van der Waals surface area contributed by atoms with E-state index in [4.69, 9.17) is 16.6 Å². The lowest BCUT2D eigenvalue weighted by Gasteiger charge is -2.23. The highest BCUT2D eigenvalue weighted by molar-refractivity contribution is 9.10. The molecular weight excluding hydrogens is 324 g/mol. The minimum Gasteiger partial charge on any atom is -0.370 e. The first-order chi connectivity index (χ1) is 8.82. The minimum absolute atomic E-state index is 0.0352. The van der Waals surface area contributed by atoms with Crippen molar-refractivity contribution in [3.8, 4) is 0 Å². The Bertz CT molecular complexity index is 618. The zero-order valence-electron chi connectivity index (χ0n) is 11.6. The van der Waals surface area contributed by atoms with E-state index in [1.807, 2.05) is 6.07 Å². The van der Waals surface area contributed by atoms with Crippen molar-refractivity contribution < 1.29 is 0 Å². The molecule has 0 aliphatic carbocycles. The molecular formula is C15H18BrClN2. The van der Waals surface area contributed by atoms with E-state index in [0.29, 0.717) is 5.02 Å². The van der Waals surface area contributed by atoms with Gasteiger partial charge in [-0.2, -0.15) is 0 Å². The van der Waals surface area contributed by atoms with Crippen molar-refractivity contribution in [3.05, 3.63) is 33.3 Å². The van der Waals surface area contributed by atoms with Gasteiger partial charge < -0.3 is 5.32 Å². The topological polar surface area (TPSA) is 24.9 Å². The van der Waals surface area contributed by atoms with Gasteiger partial charge in [0.2, 0.25) is 0 Å². The van der Waals surface area contributed by atoms with Gasteiger partial charge in [-0.25, -0.2) is 4.98 Å². The van der Waals surface area contributed by atoms with Crippen LogP contribution in [-0.4, -0.2) is 11.5 Å². The molecule has 2 nitrogen and oxygen atoms in total. The Labute approximate surface area is 127 Å². The van der Waals surface area contributed by atoms with Gasteiger partial charge in [0, 0.05) is 22.0 Å². The summed E-state index contributed by atoms with van der Waals surface area (Å²) >= 11 is 9.76. The summed E-state index contributed by atoms with van der Waals surface area (Å²) in [6.45, 7) is 9.49.